The van der Waals surface area contributed by atoms with E-state index in [1.807, 2.05) is 18.2 Å². The molecule has 2 atom stereocenters. The second-order valence-corrected chi connectivity index (χ2v) is 4.04. The molecule has 1 fully saturated rings. The summed E-state index contributed by atoms with van der Waals surface area (Å²) in [7, 11) is 0. The highest BCUT2D eigenvalue weighted by Crippen LogP contribution is 2.20. The van der Waals surface area contributed by atoms with Gasteiger partial charge in [-0.25, -0.2) is 4.98 Å². The van der Waals surface area contributed by atoms with Crippen LogP contribution in [0.3, 0.4) is 0 Å². The van der Waals surface area contributed by atoms with E-state index in [-0.39, 0.29) is 6.04 Å². The molecule has 0 aliphatic carbocycles. The first kappa shape index (κ1) is 9.94. The van der Waals surface area contributed by atoms with Gasteiger partial charge in [0, 0.05) is 19.1 Å². The van der Waals surface area contributed by atoms with Gasteiger partial charge >= 0.3 is 0 Å². The van der Waals surface area contributed by atoms with Crippen molar-refractivity contribution in [1.82, 2.24) is 4.98 Å². The van der Waals surface area contributed by atoms with E-state index in [1.165, 1.54) is 0 Å². The average Bonchev–Trinajstić information content (AvgIpc) is 2.59. The van der Waals surface area contributed by atoms with Crippen molar-refractivity contribution in [1.29, 1.82) is 5.26 Å². The highest BCUT2D eigenvalue weighted by atomic mass is 15.2. The number of nitrogens with zero attached hydrogens (tertiary/aromatic N) is 3. The van der Waals surface area contributed by atoms with Crippen LogP contribution in [-0.2, 0) is 0 Å². The Morgan fingerprint density at radius 2 is 2.33 bits per heavy atom. The molecule has 0 aromatic carbocycles. The molecule has 2 N–H and O–H groups in total. The first-order valence-corrected chi connectivity index (χ1v) is 5.08. The molecule has 1 saturated heterocycles. The number of pyridine rings is 1. The predicted molar refractivity (Wildman–Crippen MR) is 58.3 cm³/mol. The first-order chi connectivity index (χ1) is 7.20. The normalized spacial score (nSPS) is 25.3. The second-order valence-electron chi connectivity index (χ2n) is 4.04. The molecule has 2 heterocycles. The van der Waals surface area contributed by atoms with E-state index in [1.54, 1.807) is 6.07 Å². The molecule has 0 radical (unpaired) electrons. The van der Waals surface area contributed by atoms with E-state index in [2.05, 4.69) is 16.8 Å². The highest BCUT2D eigenvalue weighted by Gasteiger charge is 2.27. The Morgan fingerprint density at radius 3 is 2.93 bits per heavy atom. The fraction of sp³-hybridized carbons (Fsp3) is 0.455. The van der Waals surface area contributed by atoms with Crippen molar-refractivity contribution in [2.24, 2.45) is 11.7 Å². The van der Waals surface area contributed by atoms with E-state index in [4.69, 9.17) is 11.0 Å². The van der Waals surface area contributed by atoms with E-state index < -0.39 is 0 Å². The predicted octanol–water partition coefficient (Wildman–Crippen LogP) is 0.737. The number of rotatable bonds is 1. The fourth-order valence-electron chi connectivity index (χ4n) is 1.84. The van der Waals surface area contributed by atoms with Gasteiger partial charge in [0.1, 0.15) is 17.6 Å². The van der Waals surface area contributed by atoms with Gasteiger partial charge in [0.25, 0.3) is 0 Å². The van der Waals surface area contributed by atoms with Gasteiger partial charge in [-0.3, -0.25) is 0 Å². The molecule has 0 amide bonds. The molecule has 1 aromatic rings. The molecule has 2 unspecified atom stereocenters. The molecule has 1 aliphatic rings. The standard InChI is InChI=1S/C11H14N4/c1-8-6-15(7-10(8)13)11-4-2-3-9(5-12)14-11/h2-4,8,10H,6-7,13H2,1H3. The van der Waals surface area contributed by atoms with Gasteiger partial charge < -0.3 is 10.6 Å². The van der Waals surface area contributed by atoms with Crippen LogP contribution in [-0.4, -0.2) is 24.1 Å². The minimum Gasteiger partial charge on any atom is -0.355 e. The van der Waals surface area contributed by atoms with Gasteiger partial charge in [-0.05, 0) is 18.1 Å². The summed E-state index contributed by atoms with van der Waals surface area (Å²) in [6.45, 7) is 3.88. The third-order valence-corrected chi connectivity index (χ3v) is 2.84. The van der Waals surface area contributed by atoms with Gasteiger partial charge in [0.05, 0.1) is 0 Å². The largest absolute Gasteiger partial charge is 0.355 e. The lowest BCUT2D eigenvalue weighted by atomic mass is 10.1. The van der Waals surface area contributed by atoms with Crippen LogP contribution in [0.5, 0.6) is 0 Å². The number of anilines is 1. The average molecular weight is 202 g/mol. The van der Waals surface area contributed by atoms with Crippen molar-refractivity contribution in [2.45, 2.75) is 13.0 Å². The van der Waals surface area contributed by atoms with E-state index >= 15 is 0 Å². The Morgan fingerprint density at radius 1 is 1.53 bits per heavy atom. The molecule has 0 spiro atoms. The Balaban J connectivity index is 2.21. The zero-order valence-electron chi connectivity index (χ0n) is 8.72. The summed E-state index contributed by atoms with van der Waals surface area (Å²) in [5.74, 6) is 1.34. The Kier molecular flexibility index (Phi) is 2.57. The lowest BCUT2D eigenvalue weighted by molar-refractivity contribution is 0.566. The van der Waals surface area contributed by atoms with Gasteiger partial charge in [0.2, 0.25) is 0 Å². The smallest absolute Gasteiger partial charge is 0.142 e. The zero-order chi connectivity index (χ0) is 10.8. The number of nitriles is 1. The van der Waals surface area contributed by atoms with E-state index in [0.717, 1.165) is 18.9 Å². The van der Waals surface area contributed by atoms with Crippen LogP contribution in [0.1, 0.15) is 12.6 Å². The summed E-state index contributed by atoms with van der Waals surface area (Å²) in [4.78, 5) is 6.39. The van der Waals surface area contributed by atoms with Crippen LogP contribution in [0, 0.1) is 17.2 Å². The molecule has 2 rings (SSSR count). The molecule has 0 bridgehead atoms. The van der Waals surface area contributed by atoms with Crippen molar-refractivity contribution >= 4 is 5.82 Å². The van der Waals surface area contributed by atoms with Crippen molar-refractivity contribution in [3.8, 4) is 6.07 Å². The summed E-state index contributed by atoms with van der Waals surface area (Å²) in [5, 5.41) is 8.75. The summed E-state index contributed by atoms with van der Waals surface area (Å²) >= 11 is 0. The first-order valence-electron chi connectivity index (χ1n) is 5.08. The van der Waals surface area contributed by atoms with Gasteiger partial charge in [-0.2, -0.15) is 5.26 Å². The van der Waals surface area contributed by atoms with Gasteiger partial charge in [-0.1, -0.05) is 13.0 Å². The third-order valence-electron chi connectivity index (χ3n) is 2.84. The number of aromatic nitrogens is 1. The molecule has 15 heavy (non-hydrogen) atoms. The minimum atomic E-state index is 0.206. The second kappa shape index (κ2) is 3.87. The molecular formula is C11H14N4. The maximum absolute atomic E-state index is 8.75. The maximum Gasteiger partial charge on any atom is 0.142 e. The van der Waals surface area contributed by atoms with Crippen molar-refractivity contribution < 1.29 is 0 Å². The minimum absolute atomic E-state index is 0.206. The third kappa shape index (κ3) is 1.92. The Hall–Kier alpha value is -1.60. The monoisotopic (exact) mass is 202 g/mol. The van der Waals surface area contributed by atoms with E-state index in [9.17, 15) is 0 Å². The molecule has 0 saturated carbocycles. The number of hydrogen-bond acceptors (Lipinski definition) is 4. The summed E-state index contributed by atoms with van der Waals surface area (Å²) < 4.78 is 0. The topological polar surface area (TPSA) is 65.9 Å². The summed E-state index contributed by atoms with van der Waals surface area (Å²) in [5.41, 5.74) is 6.40. The zero-order valence-corrected chi connectivity index (χ0v) is 8.72. The lowest BCUT2D eigenvalue weighted by Crippen LogP contribution is -2.28. The highest BCUT2D eigenvalue weighted by molar-refractivity contribution is 5.43. The van der Waals surface area contributed by atoms with Crippen LogP contribution in [0.2, 0.25) is 0 Å². The number of nitrogens with two attached hydrogens (primary N) is 1. The van der Waals surface area contributed by atoms with Crippen LogP contribution in [0.4, 0.5) is 5.82 Å². The molecule has 4 heteroatoms. The Labute approximate surface area is 89.3 Å². The van der Waals surface area contributed by atoms with Crippen molar-refractivity contribution in [2.75, 3.05) is 18.0 Å². The van der Waals surface area contributed by atoms with Crippen LogP contribution in [0.15, 0.2) is 18.2 Å². The van der Waals surface area contributed by atoms with Crippen LogP contribution < -0.4 is 10.6 Å². The number of hydrogen-bond donors (Lipinski definition) is 1. The van der Waals surface area contributed by atoms with Crippen LogP contribution in [0.25, 0.3) is 0 Å². The summed E-state index contributed by atoms with van der Waals surface area (Å²) in [6, 6.07) is 7.74. The quantitative estimate of drug-likeness (QED) is 0.729. The molecule has 78 valence electrons. The van der Waals surface area contributed by atoms with Gasteiger partial charge in [0.15, 0.2) is 0 Å². The Bertz CT molecular complexity index is 386. The summed E-state index contributed by atoms with van der Waals surface area (Å²) in [6.07, 6.45) is 0. The van der Waals surface area contributed by atoms with Crippen molar-refractivity contribution in [3.05, 3.63) is 23.9 Å². The van der Waals surface area contributed by atoms with Gasteiger partial charge in [-0.15, -0.1) is 0 Å². The van der Waals surface area contributed by atoms with Crippen LogP contribution >= 0.6 is 0 Å². The molecule has 1 aliphatic heterocycles. The van der Waals surface area contributed by atoms with Crippen molar-refractivity contribution in [3.63, 3.8) is 0 Å². The molecular weight excluding hydrogens is 188 g/mol. The SMILES string of the molecule is CC1CN(c2cccc(C#N)n2)CC1N. The maximum atomic E-state index is 8.75. The van der Waals surface area contributed by atoms with E-state index in [0.29, 0.717) is 11.6 Å². The lowest BCUT2D eigenvalue weighted by Gasteiger charge is -2.16. The molecule has 4 nitrogen and oxygen atoms in total. The fourth-order valence-corrected chi connectivity index (χ4v) is 1.84. The molecule has 1 aromatic heterocycles.